The quantitative estimate of drug-likeness (QED) is 0.642. The Morgan fingerprint density at radius 3 is 2.85 bits per heavy atom. The molecule has 6 heteroatoms. The van der Waals surface area contributed by atoms with E-state index >= 15 is 0 Å². The van der Waals surface area contributed by atoms with Crippen molar-refractivity contribution in [2.24, 2.45) is 0 Å². The minimum atomic E-state index is -0.433. The van der Waals surface area contributed by atoms with Gasteiger partial charge in [-0.15, -0.1) is 0 Å². The molecule has 0 saturated carbocycles. The molecule has 0 bridgehead atoms. The van der Waals surface area contributed by atoms with E-state index in [-0.39, 0.29) is 5.97 Å². The topological polar surface area (TPSA) is 57.0 Å². The number of nitrogens with zero attached hydrogens (tertiary/aromatic N) is 3. The van der Waals surface area contributed by atoms with Crippen LogP contribution in [0.15, 0.2) is 18.6 Å². The fourth-order valence-electron chi connectivity index (χ4n) is 1.94. The Morgan fingerprint density at radius 2 is 2.15 bits per heavy atom. The van der Waals surface area contributed by atoms with Crippen LogP contribution in [0.1, 0.15) is 33.6 Å². The lowest BCUT2D eigenvalue weighted by molar-refractivity contribution is -0.154. The van der Waals surface area contributed by atoms with Gasteiger partial charge in [-0.05, 0) is 33.3 Å². The number of ether oxygens (including phenoxy) is 1. The zero-order valence-corrected chi connectivity index (χ0v) is 12.6. The van der Waals surface area contributed by atoms with Gasteiger partial charge in [-0.25, -0.2) is 9.97 Å². The number of aromatic nitrogens is 3. The van der Waals surface area contributed by atoms with E-state index in [2.05, 4.69) is 9.97 Å². The third-order valence-electron chi connectivity index (χ3n) is 2.71. The lowest BCUT2D eigenvalue weighted by Gasteiger charge is -2.19. The molecule has 0 fully saturated rings. The number of esters is 1. The van der Waals surface area contributed by atoms with E-state index in [0.29, 0.717) is 24.5 Å². The first-order valence-corrected chi connectivity index (χ1v) is 6.92. The molecule has 0 saturated heterocycles. The van der Waals surface area contributed by atoms with Gasteiger partial charge in [0.25, 0.3) is 0 Å². The van der Waals surface area contributed by atoms with Crippen molar-refractivity contribution in [3.8, 4) is 0 Å². The standard InChI is InChI=1S/C14H18ClN3O2/c1-14(2,3)20-11(19)5-4-7-18-8-6-10-12(15)16-9-17-13(10)18/h6,8-9H,4-5,7H2,1-3H3. The Hall–Kier alpha value is -1.62. The van der Waals surface area contributed by atoms with Crippen LogP contribution in [-0.4, -0.2) is 26.1 Å². The first kappa shape index (κ1) is 14.8. The normalized spacial score (nSPS) is 11.8. The van der Waals surface area contributed by atoms with Gasteiger partial charge in [0, 0.05) is 19.2 Å². The predicted molar refractivity (Wildman–Crippen MR) is 77.6 cm³/mol. The van der Waals surface area contributed by atoms with Gasteiger partial charge in [-0.2, -0.15) is 0 Å². The summed E-state index contributed by atoms with van der Waals surface area (Å²) in [5.74, 6) is -0.179. The largest absolute Gasteiger partial charge is 0.460 e. The van der Waals surface area contributed by atoms with Gasteiger partial charge in [0.2, 0.25) is 0 Å². The predicted octanol–water partition coefficient (Wildman–Crippen LogP) is 3.21. The number of hydrogen-bond donors (Lipinski definition) is 0. The minimum absolute atomic E-state index is 0.179. The molecule has 2 aromatic rings. The molecule has 20 heavy (non-hydrogen) atoms. The molecule has 2 rings (SSSR count). The van der Waals surface area contributed by atoms with E-state index in [1.807, 2.05) is 37.6 Å². The second-order valence-electron chi connectivity index (χ2n) is 5.60. The summed E-state index contributed by atoms with van der Waals surface area (Å²) in [4.78, 5) is 19.8. The summed E-state index contributed by atoms with van der Waals surface area (Å²) in [5, 5.41) is 1.27. The second-order valence-corrected chi connectivity index (χ2v) is 5.96. The van der Waals surface area contributed by atoms with Crippen LogP contribution in [0.3, 0.4) is 0 Å². The molecule has 0 amide bonds. The van der Waals surface area contributed by atoms with Crippen molar-refractivity contribution < 1.29 is 9.53 Å². The van der Waals surface area contributed by atoms with Crippen molar-refractivity contribution in [3.63, 3.8) is 0 Å². The number of hydrogen-bond acceptors (Lipinski definition) is 4. The van der Waals surface area contributed by atoms with Crippen LogP contribution < -0.4 is 0 Å². The van der Waals surface area contributed by atoms with E-state index in [4.69, 9.17) is 16.3 Å². The monoisotopic (exact) mass is 295 g/mol. The zero-order valence-electron chi connectivity index (χ0n) is 11.9. The van der Waals surface area contributed by atoms with Crippen LogP contribution in [0, 0.1) is 0 Å². The van der Waals surface area contributed by atoms with Crippen LogP contribution in [0.25, 0.3) is 11.0 Å². The van der Waals surface area contributed by atoms with Gasteiger partial charge in [-0.1, -0.05) is 11.6 Å². The average molecular weight is 296 g/mol. The molecule has 0 spiro atoms. The number of fused-ring (bicyclic) bond motifs is 1. The molecule has 0 N–H and O–H groups in total. The lowest BCUT2D eigenvalue weighted by atomic mass is 10.2. The van der Waals surface area contributed by atoms with Gasteiger partial charge in [0.1, 0.15) is 22.7 Å². The molecule has 0 aliphatic heterocycles. The maximum Gasteiger partial charge on any atom is 0.306 e. The first-order valence-electron chi connectivity index (χ1n) is 6.54. The van der Waals surface area contributed by atoms with Gasteiger partial charge >= 0.3 is 5.97 Å². The molecule has 0 aliphatic rings. The Morgan fingerprint density at radius 1 is 1.40 bits per heavy atom. The fourth-order valence-corrected chi connectivity index (χ4v) is 2.13. The van der Waals surface area contributed by atoms with E-state index < -0.39 is 5.60 Å². The van der Waals surface area contributed by atoms with Crippen molar-refractivity contribution >= 4 is 28.6 Å². The Balaban J connectivity index is 1.94. The Bertz CT molecular complexity index is 616. The Kier molecular flexibility index (Phi) is 4.28. The fraction of sp³-hybridized carbons (Fsp3) is 0.500. The maximum absolute atomic E-state index is 11.6. The van der Waals surface area contributed by atoms with E-state index in [9.17, 15) is 4.79 Å². The van der Waals surface area contributed by atoms with Crippen molar-refractivity contribution in [1.29, 1.82) is 0 Å². The number of aryl methyl sites for hydroxylation is 1. The lowest BCUT2D eigenvalue weighted by Crippen LogP contribution is -2.23. The third-order valence-corrected chi connectivity index (χ3v) is 3.01. The average Bonchev–Trinajstić information content (AvgIpc) is 2.72. The summed E-state index contributed by atoms with van der Waals surface area (Å²) in [6.45, 7) is 6.28. The highest BCUT2D eigenvalue weighted by molar-refractivity contribution is 6.33. The van der Waals surface area contributed by atoms with Crippen LogP contribution in [0.2, 0.25) is 5.15 Å². The smallest absolute Gasteiger partial charge is 0.306 e. The van der Waals surface area contributed by atoms with E-state index in [1.165, 1.54) is 6.33 Å². The van der Waals surface area contributed by atoms with Gasteiger partial charge in [-0.3, -0.25) is 4.79 Å². The molecule has 0 radical (unpaired) electrons. The second kappa shape index (κ2) is 5.79. The van der Waals surface area contributed by atoms with E-state index in [1.54, 1.807) is 0 Å². The van der Waals surface area contributed by atoms with Gasteiger partial charge in [0.05, 0.1) is 5.39 Å². The van der Waals surface area contributed by atoms with Crippen LogP contribution >= 0.6 is 11.6 Å². The van der Waals surface area contributed by atoms with Crippen molar-refractivity contribution in [3.05, 3.63) is 23.7 Å². The van der Waals surface area contributed by atoms with Crippen molar-refractivity contribution in [2.45, 2.75) is 45.8 Å². The first-order chi connectivity index (χ1) is 9.37. The highest BCUT2D eigenvalue weighted by Gasteiger charge is 2.16. The summed E-state index contributed by atoms with van der Waals surface area (Å²) < 4.78 is 7.23. The molecular formula is C14H18ClN3O2. The Labute approximate surface area is 122 Å². The number of carbonyl (C=O) groups excluding carboxylic acids is 1. The zero-order chi connectivity index (χ0) is 14.8. The third kappa shape index (κ3) is 3.70. The molecule has 0 atom stereocenters. The van der Waals surface area contributed by atoms with Gasteiger partial charge < -0.3 is 9.30 Å². The SMILES string of the molecule is CC(C)(C)OC(=O)CCCn1ccc2c(Cl)ncnc21. The molecular weight excluding hydrogens is 278 g/mol. The van der Waals surface area contributed by atoms with Crippen LogP contribution in [0.5, 0.6) is 0 Å². The van der Waals surface area contributed by atoms with E-state index in [0.717, 1.165) is 11.0 Å². The summed E-state index contributed by atoms with van der Waals surface area (Å²) in [5.41, 5.74) is 0.354. The molecule has 0 aliphatic carbocycles. The number of rotatable bonds is 4. The molecule has 0 aromatic carbocycles. The molecule has 0 unspecified atom stereocenters. The van der Waals surface area contributed by atoms with Crippen LogP contribution in [0.4, 0.5) is 0 Å². The summed E-state index contributed by atoms with van der Waals surface area (Å²) >= 11 is 5.99. The van der Waals surface area contributed by atoms with Crippen LogP contribution in [-0.2, 0) is 16.1 Å². The number of carbonyl (C=O) groups is 1. The maximum atomic E-state index is 11.6. The number of halogens is 1. The minimum Gasteiger partial charge on any atom is -0.460 e. The molecule has 2 heterocycles. The molecule has 2 aromatic heterocycles. The highest BCUT2D eigenvalue weighted by Crippen LogP contribution is 2.20. The summed E-state index contributed by atoms with van der Waals surface area (Å²) in [7, 11) is 0. The highest BCUT2D eigenvalue weighted by atomic mass is 35.5. The molecule has 108 valence electrons. The van der Waals surface area contributed by atoms with Crippen molar-refractivity contribution in [1.82, 2.24) is 14.5 Å². The van der Waals surface area contributed by atoms with Gasteiger partial charge in [0.15, 0.2) is 0 Å². The molecule has 5 nitrogen and oxygen atoms in total. The summed E-state index contributed by atoms with van der Waals surface area (Å²) in [6.07, 6.45) is 4.42. The van der Waals surface area contributed by atoms with Crippen molar-refractivity contribution in [2.75, 3.05) is 0 Å². The summed E-state index contributed by atoms with van der Waals surface area (Å²) in [6, 6.07) is 1.88.